The van der Waals surface area contributed by atoms with Gasteiger partial charge in [0.1, 0.15) is 0 Å². The van der Waals surface area contributed by atoms with Gasteiger partial charge in [0.2, 0.25) is 0 Å². The summed E-state index contributed by atoms with van der Waals surface area (Å²) in [5.41, 5.74) is 1.03. The molecule has 1 rings (SSSR count). The molecule has 0 nitrogen and oxygen atoms in total. The first-order chi connectivity index (χ1) is 3.34. The van der Waals surface area contributed by atoms with Crippen LogP contribution in [-0.4, -0.2) is 0 Å². The van der Waals surface area contributed by atoms with Gasteiger partial charge in [-0.05, 0) is 18.4 Å². The van der Waals surface area contributed by atoms with E-state index in [1.165, 1.54) is 0 Å². The van der Waals surface area contributed by atoms with Crippen LogP contribution in [0.1, 0.15) is 26.2 Å². The van der Waals surface area contributed by atoms with Gasteiger partial charge in [-0.2, -0.15) is 0 Å². The van der Waals surface area contributed by atoms with E-state index in [1.54, 1.807) is 0 Å². The number of hydrogen-bond acceptors (Lipinski definition) is 0. The fourth-order valence-electron chi connectivity index (χ4n) is 0.765. The van der Waals surface area contributed by atoms with E-state index in [0.29, 0.717) is 6.42 Å². The maximum Gasteiger partial charge on any atom is 0.0994 e. The van der Waals surface area contributed by atoms with Gasteiger partial charge in [0.25, 0.3) is 0 Å². The van der Waals surface area contributed by atoms with Crippen molar-refractivity contribution in [2.45, 2.75) is 26.2 Å². The Morgan fingerprint density at radius 2 is 2.29 bits per heavy atom. The third-order valence-corrected chi connectivity index (χ3v) is 1.46. The third kappa shape index (κ3) is 0.671. The second-order valence-corrected chi connectivity index (χ2v) is 1.86. The van der Waals surface area contributed by atoms with Gasteiger partial charge in [-0.3, -0.25) is 0 Å². The average molecular weight is 100 g/mol. The lowest BCUT2D eigenvalue weighted by Crippen LogP contribution is -1.97. The minimum Gasteiger partial charge on any atom is -0.212 e. The highest BCUT2D eigenvalue weighted by Crippen LogP contribution is 2.30. The summed E-state index contributed by atoms with van der Waals surface area (Å²) >= 11 is 0. The van der Waals surface area contributed by atoms with Gasteiger partial charge in [0.05, 0.1) is 5.83 Å². The van der Waals surface area contributed by atoms with Crippen LogP contribution in [0.2, 0.25) is 0 Å². The maximum absolute atomic E-state index is 12.1. The van der Waals surface area contributed by atoms with Crippen molar-refractivity contribution in [1.82, 2.24) is 0 Å². The Balaban J connectivity index is 2.53. The summed E-state index contributed by atoms with van der Waals surface area (Å²) in [5.74, 6) is 0.141. The summed E-state index contributed by atoms with van der Waals surface area (Å²) in [5, 5.41) is 0. The van der Waals surface area contributed by atoms with E-state index in [9.17, 15) is 4.39 Å². The van der Waals surface area contributed by atoms with Crippen molar-refractivity contribution in [3.8, 4) is 0 Å². The smallest absolute Gasteiger partial charge is 0.0994 e. The fourth-order valence-corrected chi connectivity index (χ4v) is 0.765. The Labute approximate surface area is 43.0 Å². The van der Waals surface area contributed by atoms with Crippen LogP contribution in [0.5, 0.6) is 0 Å². The maximum atomic E-state index is 12.1. The van der Waals surface area contributed by atoms with E-state index >= 15 is 0 Å². The molecule has 40 valence electrons. The van der Waals surface area contributed by atoms with Crippen molar-refractivity contribution in [2.75, 3.05) is 0 Å². The number of allylic oxidation sites excluding steroid dienone is 2. The lowest BCUT2D eigenvalue weighted by Gasteiger charge is -2.14. The predicted molar refractivity (Wildman–Crippen MR) is 27.7 cm³/mol. The van der Waals surface area contributed by atoms with Gasteiger partial charge in [-0.15, -0.1) is 0 Å². The molecule has 0 saturated heterocycles. The molecule has 0 aromatic heterocycles. The van der Waals surface area contributed by atoms with Crippen molar-refractivity contribution < 1.29 is 4.39 Å². The normalized spacial score (nSPS) is 19.7. The summed E-state index contributed by atoms with van der Waals surface area (Å²) in [4.78, 5) is 0. The first kappa shape index (κ1) is 4.82. The Hall–Kier alpha value is -0.330. The van der Waals surface area contributed by atoms with Crippen LogP contribution in [0.4, 0.5) is 4.39 Å². The molecule has 0 atom stereocenters. The minimum atomic E-state index is 0.141. The van der Waals surface area contributed by atoms with Crippen molar-refractivity contribution in [2.24, 2.45) is 0 Å². The minimum absolute atomic E-state index is 0.141. The van der Waals surface area contributed by atoms with Crippen LogP contribution in [0.15, 0.2) is 11.4 Å². The molecule has 0 aliphatic heterocycles. The number of halogens is 1. The Kier molecular flexibility index (Phi) is 1.13. The predicted octanol–water partition coefficient (Wildman–Crippen LogP) is 2.41. The second-order valence-electron chi connectivity index (χ2n) is 1.86. The van der Waals surface area contributed by atoms with Crippen LogP contribution in [0, 0.1) is 0 Å². The first-order valence-electron chi connectivity index (χ1n) is 2.71. The van der Waals surface area contributed by atoms with E-state index in [0.717, 1.165) is 18.4 Å². The Bertz CT molecular complexity index is 103. The molecular weight excluding hydrogens is 91.1 g/mol. The van der Waals surface area contributed by atoms with E-state index in [2.05, 4.69) is 0 Å². The number of hydrogen-bond donors (Lipinski definition) is 0. The van der Waals surface area contributed by atoms with Gasteiger partial charge in [-0.25, -0.2) is 4.39 Å². The largest absolute Gasteiger partial charge is 0.212 e. The molecule has 0 spiro atoms. The van der Waals surface area contributed by atoms with E-state index in [1.807, 2.05) is 6.92 Å². The quantitative estimate of drug-likeness (QED) is 0.474. The molecule has 0 unspecified atom stereocenters. The zero-order chi connectivity index (χ0) is 5.28. The lowest BCUT2D eigenvalue weighted by molar-refractivity contribution is 0.512. The molecule has 0 saturated carbocycles. The lowest BCUT2D eigenvalue weighted by atomic mass is 9.95. The summed E-state index contributed by atoms with van der Waals surface area (Å²) in [6, 6.07) is 0. The molecule has 7 heavy (non-hydrogen) atoms. The van der Waals surface area contributed by atoms with Gasteiger partial charge < -0.3 is 0 Å². The van der Waals surface area contributed by atoms with E-state index < -0.39 is 0 Å². The summed E-state index contributed by atoms with van der Waals surface area (Å²) in [6.07, 6.45) is 2.61. The van der Waals surface area contributed by atoms with Crippen LogP contribution in [0.3, 0.4) is 0 Å². The molecule has 0 N–H and O–H groups in total. The first-order valence-corrected chi connectivity index (χ1v) is 2.71. The van der Waals surface area contributed by atoms with Crippen molar-refractivity contribution in [3.05, 3.63) is 11.4 Å². The molecule has 0 aromatic rings. The van der Waals surface area contributed by atoms with Gasteiger partial charge in [0.15, 0.2) is 0 Å². The van der Waals surface area contributed by atoms with Gasteiger partial charge in [0, 0.05) is 6.42 Å². The van der Waals surface area contributed by atoms with Gasteiger partial charge >= 0.3 is 0 Å². The van der Waals surface area contributed by atoms with Crippen molar-refractivity contribution in [3.63, 3.8) is 0 Å². The summed E-state index contributed by atoms with van der Waals surface area (Å²) in [7, 11) is 0. The molecule has 1 aliphatic carbocycles. The van der Waals surface area contributed by atoms with Crippen LogP contribution in [0.25, 0.3) is 0 Å². The highest BCUT2D eigenvalue weighted by atomic mass is 19.1. The Morgan fingerprint density at radius 3 is 2.29 bits per heavy atom. The zero-order valence-electron chi connectivity index (χ0n) is 4.50. The molecule has 0 radical (unpaired) electrons. The molecule has 0 bridgehead atoms. The van der Waals surface area contributed by atoms with Crippen molar-refractivity contribution >= 4 is 0 Å². The van der Waals surface area contributed by atoms with E-state index in [-0.39, 0.29) is 5.83 Å². The molecular formula is C6H9F. The van der Waals surface area contributed by atoms with Crippen LogP contribution >= 0.6 is 0 Å². The second kappa shape index (κ2) is 1.65. The van der Waals surface area contributed by atoms with E-state index in [4.69, 9.17) is 0 Å². The van der Waals surface area contributed by atoms with Crippen LogP contribution in [-0.2, 0) is 0 Å². The molecule has 0 heterocycles. The highest BCUT2D eigenvalue weighted by Gasteiger charge is 2.13. The Morgan fingerprint density at radius 1 is 1.57 bits per heavy atom. The van der Waals surface area contributed by atoms with Crippen LogP contribution < -0.4 is 0 Å². The number of rotatable bonds is 1. The molecule has 0 amide bonds. The topological polar surface area (TPSA) is 0 Å². The fraction of sp³-hybridized carbons (Fsp3) is 0.667. The monoisotopic (exact) mass is 100 g/mol. The summed E-state index contributed by atoms with van der Waals surface area (Å²) < 4.78 is 12.1. The SMILES string of the molecule is CCC1=C(F)CC1. The average Bonchev–Trinajstić information content (AvgIpc) is 1.65. The standard InChI is InChI=1S/C6H9F/c1-2-5-3-4-6(5)7/h2-4H2,1H3. The van der Waals surface area contributed by atoms with Gasteiger partial charge in [-0.1, -0.05) is 6.92 Å². The molecule has 1 aliphatic rings. The summed E-state index contributed by atoms with van der Waals surface area (Å²) in [6.45, 7) is 1.99. The highest BCUT2D eigenvalue weighted by molar-refractivity contribution is 5.17. The molecule has 0 aromatic carbocycles. The molecule has 1 heteroatoms. The zero-order valence-corrected chi connectivity index (χ0v) is 4.50. The third-order valence-electron chi connectivity index (χ3n) is 1.46. The molecule has 0 fully saturated rings. The van der Waals surface area contributed by atoms with Crippen molar-refractivity contribution in [1.29, 1.82) is 0 Å².